The van der Waals surface area contributed by atoms with Crippen molar-refractivity contribution in [2.45, 2.75) is 39.0 Å². The van der Waals surface area contributed by atoms with Crippen LogP contribution in [0.1, 0.15) is 31.9 Å². The summed E-state index contributed by atoms with van der Waals surface area (Å²) < 4.78 is 41.7. The van der Waals surface area contributed by atoms with Gasteiger partial charge in [0.1, 0.15) is 6.61 Å². The summed E-state index contributed by atoms with van der Waals surface area (Å²) in [7, 11) is 0. The van der Waals surface area contributed by atoms with E-state index in [1.807, 2.05) is 13.1 Å². The van der Waals surface area contributed by atoms with E-state index in [2.05, 4.69) is 22.1 Å². The molecule has 0 spiro atoms. The fourth-order valence-corrected chi connectivity index (χ4v) is 1.55. The van der Waals surface area contributed by atoms with Gasteiger partial charge in [-0.05, 0) is 19.9 Å². The smallest absolute Gasteiger partial charge is 0.370 e. The second-order valence-electron chi connectivity index (χ2n) is 4.38. The maximum Gasteiger partial charge on any atom is 0.411 e. The average molecular weight is 279 g/mol. The number of ether oxygens (including phenoxy) is 1. The minimum Gasteiger partial charge on any atom is -0.370 e. The molecule has 1 unspecified atom stereocenters. The normalized spacial score (nSPS) is 13.7. The van der Waals surface area contributed by atoms with Crippen LogP contribution in [0.2, 0.25) is 0 Å². The van der Waals surface area contributed by atoms with Gasteiger partial charge in [-0.2, -0.15) is 18.3 Å². The summed E-state index contributed by atoms with van der Waals surface area (Å²) in [4.78, 5) is 0. The second kappa shape index (κ2) is 7.49. The summed E-state index contributed by atoms with van der Waals surface area (Å²) in [5, 5.41) is 7.41. The third-order valence-corrected chi connectivity index (χ3v) is 2.58. The van der Waals surface area contributed by atoms with Gasteiger partial charge < -0.3 is 10.1 Å². The first kappa shape index (κ1) is 16.0. The van der Waals surface area contributed by atoms with Crippen molar-refractivity contribution in [3.63, 3.8) is 0 Å². The molecule has 0 saturated carbocycles. The van der Waals surface area contributed by atoms with E-state index in [1.54, 1.807) is 10.9 Å². The van der Waals surface area contributed by atoms with Crippen molar-refractivity contribution in [3.05, 3.63) is 18.0 Å². The molecule has 7 heteroatoms. The van der Waals surface area contributed by atoms with Crippen molar-refractivity contribution in [3.8, 4) is 0 Å². The van der Waals surface area contributed by atoms with Gasteiger partial charge in [0.15, 0.2) is 0 Å². The first-order valence-electron chi connectivity index (χ1n) is 6.32. The summed E-state index contributed by atoms with van der Waals surface area (Å²) in [6.45, 7) is 4.13. The van der Waals surface area contributed by atoms with Gasteiger partial charge in [-0.25, -0.2) is 0 Å². The van der Waals surface area contributed by atoms with E-state index in [-0.39, 0.29) is 12.6 Å². The van der Waals surface area contributed by atoms with Crippen LogP contribution in [0, 0.1) is 0 Å². The Morgan fingerprint density at radius 1 is 1.47 bits per heavy atom. The van der Waals surface area contributed by atoms with Gasteiger partial charge in [-0.15, -0.1) is 0 Å². The molecule has 1 aromatic rings. The SMILES string of the molecule is CCCNC(C)c1cnn(CCOCC(F)(F)F)c1. The van der Waals surface area contributed by atoms with Gasteiger partial charge in [0.05, 0.1) is 19.3 Å². The summed E-state index contributed by atoms with van der Waals surface area (Å²) in [6, 6.07) is 0.185. The first-order chi connectivity index (χ1) is 8.92. The lowest BCUT2D eigenvalue weighted by Gasteiger charge is -2.10. The van der Waals surface area contributed by atoms with Gasteiger partial charge in [-0.3, -0.25) is 4.68 Å². The summed E-state index contributed by atoms with van der Waals surface area (Å²) in [5.74, 6) is 0. The van der Waals surface area contributed by atoms with Gasteiger partial charge >= 0.3 is 6.18 Å². The molecule has 0 aliphatic rings. The lowest BCUT2D eigenvalue weighted by molar-refractivity contribution is -0.174. The van der Waals surface area contributed by atoms with E-state index in [9.17, 15) is 13.2 Å². The molecule has 4 nitrogen and oxygen atoms in total. The maximum atomic E-state index is 11.9. The Bertz CT molecular complexity index is 365. The van der Waals surface area contributed by atoms with Gasteiger partial charge in [0, 0.05) is 17.8 Å². The predicted molar refractivity (Wildman–Crippen MR) is 65.8 cm³/mol. The quantitative estimate of drug-likeness (QED) is 0.743. The van der Waals surface area contributed by atoms with E-state index in [0.717, 1.165) is 18.5 Å². The van der Waals surface area contributed by atoms with Crippen molar-refractivity contribution >= 4 is 0 Å². The fourth-order valence-electron chi connectivity index (χ4n) is 1.55. The number of rotatable bonds is 8. The number of halogens is 3. The molecule has 1 N–H and O–H groups in total. The van der Waals surface area contributed by atoms with Crippen LogP contribution in [-0.4, -0.2) is 35.7 Å². The van der Waals surface area contributed by atoms with Gasteiger partial charge in [0.2, 0.25) is 0 Å². The van der Waals surface area contributed by atoms with Crippen molar-refractivity contribution in [1.82, 2.24) is 15.1 Å². The molecule has 0 aliphatic heterocycles. The molecule has 0 bridgehead atoms. The fraction of sp³-hybridized carbons (Fsp3) is 0.750. The Balaban J connectivity index is 2.30. The molecule has 1 rings (SSSR count). The van der Waals surface area contributed by atoms with Crippen molar-refractivity contribution in [2.24, 2.45) is 0 Å². The highest BCUT2D eigenvalue weighted by Crippen LogP contribution is 2.14. The van der Waals surface area contributed by atoms with E-state index >= 15 is 0 Å². The predicted octanol–water partition coefficient (Wildman–Crippen LogP) is 2.52. The highest BCUT2D eigenvalue weighted by atomic mass is 19.4. The third-order valence-electron chi connectivity index (χ3n) is 2.58. The second-order valence-corrected chi connectivity index (χ2v) is 4.38. The van der Waals surface area contributed by atoms with Crippen LogP contribution in [0.3, 0.4) is 0 Å². The maximum absolute atomic E-state index is 11.9. The molecular weight excluding hydrogens is 259 g/mol. The molecule has 0 saturated heterocycles. The van der Waals surface area contributed by atoms with Crippen LogP contribution in [0.15, 0.2) is 12.4 Å². The Hall–Kier alpha value is -1.08. The van der Waals surface area contributed by atoms with Gasteiger partial charge in [0.25, 0.3) is 0 Å². The lowest BCUT2D eigenvalue weighted by Crippen LogP contribution is -2.19. The zero-order chi connectivity index (χ0) is 14.3. The van der Waals surface area contributed by atoms with Crippen molar-refractivity contribution in [1.29, 1.82) is 0 Å². The van der Waals surface area contributed by atoms with Crippen LogP contribution in [0.25, 0.3) is 0 Å². The molecule has 1 atom stereocenters. The molecule has 0 fully saturated rings. The Labute approximate surface area is 110 Å². The van der Waals surface area contributed by atoms with E-state index in [0.29, 0.717) is 6.54 Å². The molecule has 19 heavy (non-hydrogen) atoms. The Morgan fingerprint density at radius 2 is 2.21 bits per heavy atom. The zero-order valence-electron chi connectivity index (χ0n) is 11.2. The number of alkyl halides is 3. The zero-order valence-corrected chi connectivity index (χ0v) is 11.2. The van der Waals surface area contributed by atoms with Crippen LogP contribution < -0.4 is 5.32 Å². The standard InChI is InChI=1S/C12H20F3N3O/c1-3-4-16-10(2)11-7-17-18(8-11)5-6-19-9-12(13,14)15/h7-8,10,16H,3-6,9H2,1-2H3. The molecule has 0 aliphatic carbocycles. The molecular formula is C12H20F3N3O. The molecule has 1 aromatic heterocycles. The average Bonchev–Trinajstić information content (AvgIpc) is 2.79. The number of hydrogen-bond acceptors (Lipinski definition) is 3. The van der Waals surface area contributed by atoms with Crippen LogP contribution in [-0.2, 0) is 11.3 Å². The highest BCUT2D eigenvalue weighted by molar-refractivity contribution is 5.09. The number of aromatic nitrogens is 2. The van der Waals surface area contributed by atoms with E-state index in [4.69, 9.17) is 0 Å². The highest BCUT2D eigenvalue weighted by Gasteiger charge is 2.27. The molecule has 1 heterocycles. The number of nitrogens with one attached hydrogen (secondary N) is 1. The molecule has 0 amide bonds. The Kier molecular flexibility index (Phi) is 6.30. The number of nitrogens with zero attached hydrogens (tertiary/aromatic N) is 2. The first-order valence-corrected chi connectivity index (χ1v) is 6.32. The minimum atomic E-state index is -4.27. The van der Waals surface area contributed by atoms with Crippen molar-refractivity contribution in [2.75, 3.05) is 19.8 Å². The van der Waals surface area contributed by atoms with E-state index < -0.39 is 12.8 Å². The monoisotopic (exact) mass is 279 g/mol. The van der Waals surface area contributed by atoms with Crippen LogP contribution in [0.5, 0.6) is 0 Å². The van der Waals surface area contributed by atoms with Gasteiger partial charge in [-0.1, -0.05) is 6.92 Å². The largest absolute Gasteiger partial charge is 0.411 e. The van der Waals surface area contributed by atoms with E-state index in [1.165, 1.54) is 0 Å². The summed E-state index contributed by atoms with van der Waals surface area (Å²) in [6.07, 6.45) is 0.318. The number of hydrogen-bond donors (Lipinski definition) is 1. The lowest BCUT2D eigenvalue weighted by atomic mass is 10.2. The molecule has 110 valence electrons. The summed E-state index contributed by atoms with van der Waals surface area (Å²) in [5.41, 5.74) is 1.02. The minimum absolute atomic E-state index is 0.00258. The topological polar surface area (TPSA) is 39.1 Å². The van der Waals surface area contributed by atoms with Crippen LogP contribution >= 0.6 is 0 Å². The Morgan fingerprint density at radius 3 is 2.84 bits per heavy atom. The molecule has 0 radical (unpaired) electrons. The van der Waals surface area contributed by atoms with Crippen molar-refractivity contribution < 1.29 is 17.9 Å². The summed E-state index contributed by atoms with van der Waals surface area (Å²) >= 11 is 0. The molecule has 0 aromatic carbocycles. The van der Waals surface area contributed by atoms with Crippen LogP contribution in [0.4, 0.5) is 13.2 Å². The third kappa shape index (κ3) is 6.58.